The third-order valence-corrected chi connectivity index (χ3v) is 4.80. The number of hydrogen-bond acceptors (Lipinski definition) is 2. The maximum atomic E-state index is 6.12. The van der Waals surface area contributed by atoms with Crippen LogP contribution < -0.4 is 5.73 Å². The van der Waals surface area contributed by atoms with Gasteiger partial charge in [0.25, 0.3) is 0 Å². The first kappa shape index (κ1) is 13.1. The van der Waals surface area contributed by atoms with Gasteiger partial charge in [-0.3, -0.25) is 0 Å². The Bertz CT molecular complexity index is 511. The van der Waals surface area contributed by atoms with Gasteiger partial charge < -0.3 is 5.73 Å². The molecule has 1 nitrogen and oxygen atoms in total. The van der Waals surface area contributed by atoms with Gasteiger partial charge in [0.2, 0.25) is 0 Å². The number of nitrogen functional groups attached to an aromatic ring is 1. The van der Waals surface area contributed by atoms with Crippen LogP contribution in [0.4, 0.5) is 5.69 Å². The zero-order valence-electron chi connectivity index (χ0n) is 8.58. The molecule has 2 N–H and O–H groups in total. The highest BCUT2D eigenvalue weighted by molar-refractivity contribution is 9.10. The van der Waals surface area contributed by atoms with E-state index in [1.54, 1.807) is 17.8 Å². The Balaban J connectivity index is 2.31. The molecule has 5 heteroatoms. The number of halogens is 3. The second kappa shape index (κ2) is 5.53. The van der Waals surface area contributed by atoms with Crippen molar-refractivity contribution in [1.29, 1.82) is 0 Å². The predicted molar refractivity (Wildman–Crippen MR) is 79.1 cm³/mol. The maximum absolute atomic E-state index is 6.12. The smallest absolute Gasteiger partial charge is 0.0560 e. The fourth-order valence-corrected chi connectivity index (χ4v) is 3.26. The molecule has 0 aromatic heterocycles. The average Bonchev–Trinajstić information content (AvgIpc) is 2.25. The SMILES string of the molecule is Nc1ccc(Sc2ccc(Cl)cc2Cl)c(Br)c1. The molecule has 0 fully saturated rings. The zero-order chi connectivity index (χ0) is 12.4. The van der Waals surface area contributed by atoms with Gasteiger partial charge in [0, 0.05) is 25.0 Å². The van der Waals surface area contributed by atoms with Gasteiger partial charge in [-0.25, -0.2) is 0 Å². The van der Waals surface area contributed by atoms with E-state index in [0.717, 1.165) is 20.0 Å². The maximum Gasteiger partial charge on any atom is 0.0560 e. The summed E-state index contributed by atoms with van der Waals surface area (Å²) >= 11 is 17.0. The monoisotopic (exact) mass is 347 g/mol. The highest BCUT2D eigenvalue weighted by atomic mass is 79.9. The molecule has 0 aliphatic carbocycles. The minimum Gasteiger partial charge on any atom is -0.399 e. The molecule has 2 rings (SSSR count). The topological polar surface area (TPSA) is 26.0 Å². The summed E-state index contributed by atoms with van der Waals surface area (Å²) < 4.78 is 0.952. The van der Waals surface area contributed by atoms with Crippen molar-refractivity contribution in [2.75, 3.05) is 5.73 Å². The summed E-state index contributed by atoms with van der Waals surface area (Å²) in [7, 11) is 0. The van der Waals surface area contributed by atoms with Crippen molar-refractivity contribution in [2.24, 2.45) is 0 Å². The molecule has 0 saturated heterocycles. The summed E-state index contributed by atoms with van der Waals surface area (Å²) in [6.45, 7) is 0. The summed E-state index contributed by atoms with van der Waals surface area (Å²) in [5, 5.41) is 1.28. The molecular formula is C12H8BrCl2NS. The van der Waals surface area contributed by atoms with E-state index in [-0.39, 0.29) is 0 Å². The van der Waals surface area contributed by atoms with Gasteiger partial charge in [-0.15, -0.1) is 0 Å². The van der Waals surface area contributed by atoms with Gasteiger partial charge in [-0.05, 0) is 52.3 Å². The van der Waals surface area contributed by atoms with Crippen molar-refractivity contribution in [2.45, 2.75) is 9.79 Å². The molecule has 0 aliphatic rings. The minimum atomic E-state index is 0.635. The van der Waals surface area contributed by atoms with Crippen LogP contribution in [0.3, 0.4) is 0 Å². The van der Waals surface area contributed by atoms with E-state index in [1.165, 1.54) is 0 Å². The minimum absolute atomic E-state index is 0.635. The summed E-state index contributed by atoms with van der Waals surface area (Å²) in [5.41, 5.74) is 6.41. The molecule has 0 amide bonds. The third-order valence-electron chi connectivity index (χ3n) is 2.07. The molecule has 0 aliphatic heterocycles. The van der Waals surface area contributed by atoms with E-state index in [2.05, 4.69) is 15.9 Å². The first-order chi connectivity index (χ1) is 8.06. The molecular weight excluding hydrogens is 341 g/mol. The lowest BCUT2D eigenvalue weighted by Gasteiger charge is -2.07. The fourth-order valence-electron chi connectivity index (χ4n) is 1.28. The Morgan fingerprint density at radius 1 is 1.00 bits per heavy atom. The van der Waals surface area contributed by atoms with E-state index in [4.69, 9.17) is 28.9 Å². The Kier molecular flexibility index (Phi) is 4.26. The van der Waals surface area contributed by atoms with Crippen LogP contribution in [0.2, 0.25) is 10.0 Å². The standard InChI is InChI=1S/C12H8BrCl2NS/c13-9-6-8(16)2-4-11(9)17-12-3-1-7(14)5-10(12)15/h1-6H,16H2. The van der Waals surface area contributed by atoms with Crippen molar-refractivity contribution < 1.29 is 0 Å². The fraction of sp³-hybridized carbons (Fsp3) is 0. The normalized spacial score (nSPS) is 10.5. The Labute approximate surface area is 122 Å². The Morgan fingerprint density at radius 2 is 1.71 bits per heavy atom. The molecule has 0 spiro atoms. The lowest BCUT2D eigenvalue weighted by Crippen LogP contribution is -1.85. The molecule has 0 atom stereocenters. The van der Waals surface area contributed by atoms with E-state index in [9.17, 15) is 0 Å². The molecule has 0 radical (unpaired) electrons. The van der Waals surface area contributed by atoms with Crippen LogP contribution in [0.5, 0.6) is 0 Å². The summed E-state index contributed by atoms with van der Waals surface area (Å²) in [6, 6.07) is 11.1. The van der Waals surface area contributed by atoms with E-state index in [0.29, 0.717) is 10.0 Å². The second-order valence-corrected chi connectivity index (χ2v) is 6.15. The molecule has 88 valence electrons. The van der Waals surface area contributed by atoms with Crippen molar-refractivity contribution in [3.63, 3.8) is 0 Å². The highest BCUT2D eigenvalue weighted by Crippen LogP contribution is 2.38. The van der Waals surface area contributed by atoms with Crippen LogP contribution in [0, 0.1) is 0 Å². The lowest BCUT2D eigenvalue weighted by atomic mass is 10.3. The van der Waals surface area contributed by atoms with Gasteiger partial charge in [0.1, 0.15) is 0 Å². The number of nitrogens with two attached hydrogens (primary N) is 1. The molecule has 17 heavy (non-hydrogen) atoms. The first-order valence-electron chi connectivity index (χ1n) is 4.74. The molecule has 2 aromatic rings. The van der Waals surface area contributed by atoms with Crippen molar-refractivity contribution in [1.82, 2.24) is 0 Å². The predicted octanol–water partition coefficient (Wildman–Crippen LogP) is 5.49. The van der Waals surface area contributed by atoms with Gasteiger partial charge >= 0.3 is 0 Å². The Morgan fingerprint density at radius 3 is 2.35 bits per heavy atom. The molecule has 0 saturated carbocycles. The van der Waals surface area contributed by atoms with Crippen LogP contribution in [0.25, 0.3) is 0 Å². The van der Waals surface area contributed by atoms with Crippen molar-refractivity contribution >= 4 is 56.6 Å². The van der Waals surface area contributed by atoms with E-state index >= 15 is 0 Å². The average molecular weight is 349 g/mol. The molecule has 0 unspecified atom stereocenters. The van der Waals surface area contributed by atoms with Gasteiger partial charge in [-0.2, -0.15) is 0 Å². The van der Waals surface area contributed by atoms with Crippen LogP contribution in [0.15, 0.2) is 50.7 Å². The summed E-state index contributed by atoms with van der Waals surface area (Å²) in [6.07, 6.45) is 0. The van der Waals surface area contributed by atoms with Crippen molar-refractivity contribution in [3.05, 3.63) is 50.9 Å². The van der Waals surface area contributed by atoms with Crippen LogP contribution >= 0.6 is 50.9 Å². The molecule has 0 heterocycles. The quantitative estimate of drug-likeness (QED) is 0.726. The highest BCUT2D eigenvalue weighted by Gasteiger charge is 2.06. The van der Waals surface area contributed by atoms with Gasteiger partial charge in [0.15, 0.2) is 0 Å². The number of rotatable bonds is 2. The zero-order valence-corrected chi connectivity index (χ0v) is 12.5. The summed E-state index contributed by atoms with van der Waals surface area (Å²) in [4.78, 5) is 2.02. The van der Waals surface area contributed by atoms with Crippen LogP contribution in [0.1, 0.15) is 0 Å². The number of benzene rings is 2. The van der Waals surface area contributed by atoms with E-state index in [1.807, 2.05) is 30.3 Å². The molecule has 2 aromatic carbocycles. The Hall–Kier alpha value is -0.350. The number of hydrogen-bond donors (Lipinski definition) is 1. The van der Waals surface area contributed by atoms with Gasteiger partial charge in [-0.1, -0.05) is 35.0 Å². The largest absolute Gasteiger partial charge is 0.399 e. The van der Waals surface area contributed by atoms with Gasteiger partial charge in [0.05, 0.1) is 5.02 Å². The summed E-state index contributed by atoms with van der Waals surface area (Å²) in [5.74, 6) is 0. The second-order valence-electron chi connectivity index (χ2n) is 3.37. The van der Waals surface area contributed by atoms with Crippen molar-refractivity contribution in [3.8, 4) is 0 Å². The first-order valence-corrected chi connectivity index (χ1v) is 7.11. The third kappa shape index (κ3) is 3.32. The lowest BCUT2D eigenvalue weighted by molar-refractivity contribution is 1.37. The van der Waals surface area contributed by atoms with E-state index < -0.39 is 0 Å². The van der Waals surface area contributed by atoms with Crippen LogP contribution in [-0.4, -0.2) is 0 Å². The number of anilines is 1. The molecule has 0 bridgehead atoms. The van der Waals surface area contributed by atoms with Crippen LogP contribution in [-0.2, 0) is 0 Å².